The first-order chi connectivity index (χ1) is 14.9. The first-order valence-electron chi connectivity index (χ1n) is 9.74. The Bertz CT molecular complexity index is 1170. The van der Waals surface area contributed by atoms with Crippen LogP contribution >= 0.6 is 11.6 Å². The van der Waals surface area contributed by atoms with E-state index >= 15 is 0 Å². The molecular weight excluding hydrogens is 442 g/mol. The molecule has 2 aromatic carbocycles. The van der Waals surface area contributed by atoms with Crippen LogP contribution in [0.1, 0.15) is 24.6 Å². The first-order valence-corrected chi connectivity index (χ1v) is 11.6. The zero-order valence-electron chi connectivity index (χ0n) is 17.1. The Labute approximate surface area is 185 Å². The van der Waals surface area contributed by atoms with E-state index in [-0.39, 0.29) is 15.8 Å². The summed E-state index contributed by atoms with van der Waals surface area (Å²) < 4.78 is 43.2. The summed E-state index contributed by atoms with van der Waals surface area (Å²) in [7, 11) is -0.564. The zero-order valence-corrected chi connectivity index (χ0v) is 18.7. The molecule has 1 aromatic heterocycles. The Balaban J connectivity index is 1.45. The molecular formula is C21H22ClN3O5S. The van der Waals surface area contributed by atoms with E-state index in [0.717, 1.165) is 5.56 Å². The van der Waals surface area contributed by atoms with E-state index < -0.39 is 10.0 Å². The lowest BCUT2D eigenvalue weighted by Crippen LogP contribution is -2.38. The topological polar surface area (TPSA) is 94.8 Å². The second-order valence-corrected chi connectivity index (χ2v) is 9.51. The number of sulfonamides is 1. The molecule has 1 aliphatic rings. The molecule has 0 radical (unpaired) electrons. The number of nitrogens with zero attached hydrogens (tertiary/aromatic N) is 3. The van der Waals surface area contributed by atoms with Crippen LogP contribution in [0.15, 0.2) is 51.9 Å². The van der Waals surface area contributed by atoms with Gasteiger partial charge >= 0.3 is 0 Å². The van der Waals surface area contributed by atoms with Gasteiger partial charge in [-0.1, -0.05) is 22.8 Å². The molecule has 31 heavy (non-hydrogen) atoms. The molecule has 1 saturated heterocycles. The van der Waals surface area contributed by atoms with Gasteiger partial charge in [0.25, 0.3) is 5.89 Å². The van der Waals surface area contributed by atoms with Gasteiger partial charge in [0.2, 0.25) is 10.0 Å². The van der Waals surface area contributed by atoms with Crippen molar-refractivity contribution in [3.05, 3.63) is 53.3 Å². The molecule has 0 N–H and O–H groups in total. The Kier molecular flexibility index (Phi) is 6.17. The van der Waals surface area contributed by atoms with Crippen molar-refractivity contribution in [3.8, 4) is 23.0 Å². The normalized spacial score (nSPS) is 15.7. The minimum absolute atomic E-state index is 0.0222. The molecule has 0 amide bonds. The molecule has 8 nitrogen and oxygen atoms in total. The van der Waals surface area contributed by atoms with E-state index in [1.54, 1.807) is 13.2 Å². The van der Waals surface area contributed by atoms with Gasteiger partial charge in [-0.05, 0) is 49.2 Å². The number of halogens is 1. The lowest BCUT2D eigenvalue weighted by molar-refractivity contribution is 0.307. The maximum absolute atomic E-state index is 13.0. The van der Waals surface area contributed by atoms with Gasteiger partial charge in [0.15, 0.2) is 5.82 Å². The van der Waals surface area contributed by atoms with Crippen LogP contribution in [0.4, 0.5) is 0 Å². The van der Waals surface area contributed by atoms with Crippen molar-refractivity contribution in [1.29, 1.82) is 0 Å². The number of rotatable bonds is 6. The Morgan fingerprint density at radius 3 is 2.55 bits per heavy atom. The van der Waals surface area contributed by atoms with Gasteiger partial charge in [-0.15, -0.1) is 0 Å². The van der Waals surface area contributed by atoms with Crippen LogP contribution < -0.4 is 9.47 Å². The molecule has 164 valence electrons. The van der Waals surface area contributed by atoms with E-state index in [1.165, 1.54) is 23.5 Å². The highest BCUT2D eigenvalue weighted by atomic mass is 35.5. The average Bonchev–Trinajstić information content (AvgIpc) is 3.29. The van der Waals surface area contributed by atoms with Crippen LogP contribution in [-0.2, 0) is 10.0 Å². The fraction of sp³-hybridized carbons (Fsp3) is 0.333. The number of piperidine rings is 1. The average molecular weight is 464 g/mol. The van der Waals surface area contributed by atoms with Crippen molar-refractivity contribution in [3.63, 3.8) is 0 Å². The van der Waals surface area contributed by atoms with E-state index in [9.17, 15) is 8.42 Å². The summed E-state index contributed by atoms with van der Waals surface area (Å²) in [5.41, 5.74) is 0.773. The van der Waals surface area contributed by atoms with E-state index in [1.807, 2.05) is 24.3 Å². The van der Waals surface area contributed by atoms with Gasteiger partial charge in [-0.2, -0.15) is 9.29 Å². The van der Waals surface area contributed by atoms with Gasteiger partial charge in [0, 0.05) is 24.6 Å². The number of benzene rings is 2. The third-order valence-electron chi connectivity index (χ3n) is 5.34. The highest BCUT2D eigenvalue weighted by Gasteiger charge is 2.32. The highest BCUT2D eigenvalue weighted by molar-refractivity contribution is 7.89. The number of hydrogen-bond acceptors (Lipinski definition) is 7. The Morgan fingerprint density at radius 2 is 1.87 bits per heavy atom. The van der Waals surface area contributed by atoms with Crippen molar-refractivity contribution in [2.75, 3.05) is 27.3 Å². The van der Waals surface area contributed by atoms with Gasteiger partial charge in [-0.25, -0.2) is 8.42 Å². The predicted octanol–water partition coefficient (Wildman–Crippen LogP) is 3.98. The molecule has 0 bridgehead atoms. The minimum Gasteiger partial charge on any atom is -0.497 e. The molecule has 1 aliphatic heterocycles. The second-order valence-electron chi connectivity index (χ2n) is 7.16. The van der Waals surface area contributed by atoms with E-state index in [2.05, 4.69) is 10.1 Å². The third kappa shape index (κ3) is 4.39. The van der Waals surface area contributed by atoms with Gasteiger partial charge in [-0.3, -0.25) is 0 Å². The van der Waals surface area contributed by atoms with Crippen LogP contribution in [0.3, 0.4) is 0 Å². The molecule has 0 unspecified atom stereocenters. The van der Waals surface area contributed by atoms with Crippen LogP contribution in [-0.4, -0.2) is 50.2 Å². The fourth-order valence-electron chi connectivity index (χ4n) is 3.59. The summed E-state index contributed by atoms with van der Waals surface area (Å²) in [6, 6.07) is 11.9. The Hall–Kier alpha value is -2.62. The molecule has 4 rings (SSSR count). The molecule has 0 spiro atoms. The molecule has 3 aromatic rings. The monoisotopic (exact) mass is 463 g/mol. The summed E-state index contributed by atoms with van der Waals surface area (Å²) in [4.78, 5) is 4.67. The van der Waals surface area contributed by atoms with Crippen molar-refractivity contribution < 1.29 is 22.4 Å². The largest absolute Gasteiger partial charge is 0.497 e. The smallest absolute Gasteiger partial charge is 0.258 e. The SMILES string of the molecule is COc1cccc(-c2nc(C3CCN(S(=O)(=O)c4ccc(OC)c(Cl)c4)CC3)no2)c1. The van der Waals surface area contributed by atoms with Gasteiger partial charge in [0.1, 0.15) is 11.5 Å². The maximum atomic E-state index is 13.0. The standard InChI is InChI=1S/C21H22ClN3O5S/c1-28-16-5-3-4-15(12-16)21-23-20(24-30-21)14-8-10-25(11-9-14)31(26,27)17-6-7-19(29-2)18(22)13-17/h3-7,12-14H,8-11H2,1-2H3. The molecule has 1 fully saturated rings. The summed E-state index contributed by atoms with van der Waals surface area (Å²) in [5.74, 6) is 2.16. The van der Waals surface area contributed by atoms with Crippen LogP contribution in [0.5, 0.6) is 11.5 Å². The quantitative estimate of drug-likeness (QED) is 0.545. The van der Waals surface area contributed by atoms with Gasteiger partial charge in [0.05, 0.1) is 24.1 Å². The van der Waals surface area contributed by atoms with Crippen LogP contribution in [0, 0.1) is 0 Å². The number of aromatic nitrogens is 2. The predicted molar refractivity (Wildman–Crippen MR) is 115 cm³/mol. The zero-order chi connectivity index (χ0) is 22.0. The third-order valence-corrected chi connectivity index (χ3v) is 7.53. The summed E-state index contributed by atoms with van der Waals surface area (Å²) >= 11 is 6.11. The molecule has 0 saturated carbocycles. The minimum atomic E-state index is -3.65. The van der Waals surface area contributed by atoms with Crippen molar-refractivity contribution in [1.82, 2.24) is 14.4 Å². The van der Waals surface area contributed by atoms with Crippen LogP contribution in [0.2, 0.25) is 5.02 Å². The summed E-state index contributed by atoms with van der Waals surface area (Å²) in [5, 5.41) is 4.38. The number of ether oxygens (including phenoxy) is 2. The number of hydrogen-bond donors (Lipinski definition) is 0. The van der Waals surface area contributed by atoms with E-state index in [0.29, 0.717) is 49.1 Å². The second kappa shape index (κ2) is 8.86. The van der Waals surface area contributed by atoms with Crippen molar-refractivity contribution in [2.45, 2.75) is 23.7 Å². The molecule has 2 heterocycles. The molecule has 10 heteroatoms. The van der Waals surface area contributed by atoms with Crippen molar-refractivity contribution in [2.24, 2.45) is 0 Å². The lowest BCUT2D eigenvalue weighted by Gasteiger charge is -2.29. The fourth-order valence-corrected chi connectivity index (χ4v) is 5.40. The number of methoxy groups -OCH3 is 2. The van der Waals surface area contributed by atoms with Gasteiger partial charge < -0.3 is 14.0 Å². The van der Waals surface area contributed by atoms with E-state index in [4.69, 9.17) is 25.6 Å². The summed E-state index contributed by atoms with van der Waals surface area (Å²) in [6.07, 6.45) is 1.19. The van der Waals surface area contributed by atoms with Crippen LogP contribution in [0.25, 0.3) is 11.5 Å². The Morgan fingerprint density at radius 1 is 1.10 bits per heavy atom. The highest BCUT2D eigenvalue weighted by Crippen LogP contribution is 2.33. The maximum Gasteiger partial charge on any atom is 0.258 e. The van der Waals surface area contributed by atoms with Crippen molar-refractivity contribution >= 4 is 21.6 Å². The molecule has 0 aliphatic carbocycles. The molecule has 0 atom stereocenters. The first kappa shape index (κ1) is 21.6. The summed E-state index contributed by atoms with van der Waals surface area (Å²) in [6.45, 7) is 0.722. The lowest BCUT2D eigenvalue weighted by atomic mass is 9.97.